The second kappa shape index (κ2) is 6.26. The van der Waals surface area contributed by atoms with Gasteiger partial charge in [0.15, 0.2) is 0 Å². The van der Waals surface area contributed by atoms with E-state index in [4.69, 9.17) is 0 Å². The second-order valence-electron chi connectivity index (χ2n) is 3.75. The zero-order valence-electron chi connectivity index (χ0n) is 10.2. The summed E-state index contributed by atoms with van der Waals surface area (Å²) in [6, 6.07) is 19.9. The van der Waals surface area contributed by atoms with Crippen molar-refractivity contribution in [3.8, 4) is 0 Å². The van der Waals surface area contributed by atoms with Gasteiger partial charge in [-0.05, 0) is 35.0 Å². The van der Waals surface area contributed by atoms with Crippen molar-refractivity contribution in [1.29, 1.82) is 0 Å². The first-order valence-corrected chi connectivity index (χ1v) is 7.08. The molecule has 0 aliphatic heterocycles. The fourth-order valence-electron chi connectivity index (χ4n) is 1.51. The largest absolute Gasteiger partial charge is 0.272 e. The van der Waals surface area contributed by atoms with Gasteiger partial charge in [0, 0.05) is 16.2 Å². The van der Waals surface area contributed by atoms with Crippen molar-refractivity contribution in [2.45, 2.75) is 23.1 Å². The Morgan fingerprint density at radius 1 is 0.944 bits per heavy atom. The summed E-state index contributed by atoms with van der Waals surface area (Å²) in [7, 11) is -0.506. The van der Waals surface area contributed by atoms with Crippen LogP contribution in [0.25, 0.3) is 0 Å². The summed E-state index contributed by atoms with van der Waals surface area (Å²) < 4.78 is 4.32. The molecular weight excluding hydrogens is 242 g/mol. The number of carbonyl (C=O) groups is 1. The zero-order chi connectivity index (χ0) is 12.8. The molecule has 3 heteroatoms. The summed E-state index contributed by atoms with van der Waals surface area (Å²) in [6.45, 7) is 1.84. The lowest BCUT2D eigenvalue weighted by atomic mass is 10.4. The van der Waals surface area contributed by atoms with Gasteiger partial charge >= 0.3 is 0 Å². The molecule has 0 saturated heterocycles. The molecular formula is C15H15NOS. The van der Waals surface area contributed by atoms with Gasteiger partial charge in [0.2, 0.25) is 0 Å². The minimum Gasteiger partial charge on any atom is -0.272 e. The number of benzene rings is 2. The highest BCUT2D eigenvalue weighted by atomic mass is 32.2. The number of hydrogen-bond acceptors (Lipinski definition) is 1. The molecule has 2 aromatic rings. The quantitative estimate of drug-likeness (QED) is 0.821. The SMILES string of the molecule is CCC(=O)N=S(c1ccccc1)c1ccccc1. The molecule has 1 amide bonds. The van der Waals surface area contributed by atoms with Crippen LogP contribution in [0.4, 0.5) is 0 Å². The zero-order valence-corrected chi connectivity index (χ0v) is 11.1. The highest BCUT2D eigenvalue weighted by Gasteiger charge is 2.06. The lowest BCUT2D eigenvalue weighted by molar-refractivity contribution is -0.117. The number of rotatable bonds is 3. The smallest absolute Gasteiger partial charge is 0.251 e. The molecule has 2 aromatic carbocycles. The van der Waals surface area contributed by atoms with Crippen LogP contribution in [-0.4, -0.2) is 5.91 Å². The molecule has 0 aromatic heterocycles. The van der Waals surface area contributed by atoms with Gasteiger partial charge in [-0.1, -0.05) is 43.3 Å². The highest BCUT2D eigenvalue weighted by molar-refractivity contribution is 7.87. The van der Waals surface area contributed by atoms with E-state index in [0.29, 0.717) is 6.42 Å². The standard InChI is InChI=1S/C15H15NOS/c1-2-15(17)16-18(13-9-5-3-6-10-13)14-11-7-4-8-12-14/h3-12H,2H2,1H3. The van der Waals surface area contributed by atoms with Crippen LogP contribution in [0.5, 0.6) is 0 Å². The third-order valence-electron chi connectivity index (χ3n) is 2.43. The Bertz CT molecular complexity index is 508. The van der Waals surface area contributed by atoms with E-state index >= 15 is 0 Å². The predicted molar refractivity (Wildman–Crippen MR) is 74.5 cm³/mol. The van der Waals surface area contributed by atoms with Crippen molar-refractivity contribution in [1.82, 2.24) is 0 Å². The van der Waals surface area contributed by atoms with Crippen LogP contribution in [0.2, 0.25) is 0 Å². The molecule has 0 radical (unpaired) electrons. The van der Waals surface area contributed by atoms with Crippen LogP contribution in [-0.2, 0) is 15.5 Å². The monoisotopic (exact) mass is 257 g/mol. The summed E-state index contributed by atoms with van der Waals surface area (Å²) in [5.41, 5.74) is 0. The molecule has 0 saturated carbocycles. The molecule has 0 N–H and O–H groups in total. The van der Waals surface area contributed by atoms with E-state index in [-0.39, 0.29) is 5.91 Å². The van der Waals surface area contributed by atoms with Gasteiger partial charge in [0.25, 0.3) is 5.91 Å². The topological polar surface area (TPSA) is 29.4 Å². The Labute approximate surface area is 110 Å². The molecule has 0 aliphatic carbocycles. The molecule has 0 aliphatic rings. The van der Waals surface area contributed by atoms with Crippen LogP contribution in [0.1, 0.15) is 13.3 Å². The summed E-state index contributed by atoms with van der Waals surface area (Å²) in [6.07, 6.45) is 0.448. The second-order valence-corrected chi connectivity index (χ2v) is 5.44. The van der Waals surface area contributed by atoms with Crippen molar-refractivity contribution in [2.75, 3.05) is 0 Å². The Kier molecular flexibility index (Phi) is 4.42. The van der Waals surface area contributed by atoms with Crippen LogP contribution in [0.15, 0.2) is 74.8 Å². The van der Waals surface area contributed by atoms with Gasteiger partial charge < -0.3 is 0 Å². The average Bonchev–Trinajstić information content (AvgIpc) is 2.46. The Morgan fingerprint density at radius 3 is 1.78 bits per heavy atom. The molecule has 0 atom stereocenters. The molecule has 2 nitrogen and oxygen atoms in total. The maximum atomic E-state index is 11.6. The first kappa shape index (κ1) is 12.7. The maximum absolute atomic E-state index is 11.6. The van der Waals surface area contributed by atoms with E-state index in [1.54, 1.807) is 0 Å². The van der Waals surface area contributed by atoms with E-state index in [9.17, 15) is 4.79 Å². The van der Waals surface area contributed by atoms with Crippen molar-refractivity contribution in [2.24, 2.45) is 4.36 Å². The molecule has 18 heavy (non-hydrogen) atoms. The van der Waals surface area contributed by atoms with Crippen LogP contribution in [0, 0.1) is 0 Å². The van der Waals surface area contributed by atoms with E-state index in [0.717, 1.165) is 9.79 Å². The molecule has 0 heterocycles. The molecule has 0 bridgehead atoms. The van der Waals surface area contributed by atoms with Crippen LogP contribution in [0.3, 0.4) is 0 Å². The molecule has 0 spiro atoms. The van der Waals surface area contributed by atoms with Gasteiger partial charge in [-0.2, -0.15) is 4.36 Å². The van der Waals surface area contributed by atoms with Crippen LogP contribution >= 0.6 is 0 Å². The minimum atomic E-state index is -0.506. The van der Waals surface area contributed by atoms with Gasteiger partial charge in [-0.15, -0.1) is 0 Å². The Balaban J connectivity index is 2.49. The number of carbonyl (C=O) groups excluding carboxylic acids is 1. The number of nitrogens with zero attached hydrogens (tertiary/aromatic N) is 1. The van der Waals surface area contributed by atoms with E-state index in [2.05, 4.69) is 4.36 Å². The number of amides is 1. The third-order valence-corrected chi connectivity index (χ3v) is 4.25. The Hall–Kier alpha value is -1.74. The van der Waals surface area contributed by atoms with E-state index < -0.39 is 10.7 Å². The van der Waals surface area contributed by atoms with Crippen molar-refractivity contribution in [3.05, 3.63) is 60.7 Å². The molecule has 92 valence electrons. The third kappa shape index (κ3) is 3.14. The fraction of sp³-hybridized carbons (Fsp3) is 0.133. The summed E-state index contributed by atoms with van der Waals surface area (Å²) in [4.78, 5) is 13.8. The van der Waals surface area contributed by atoms with E-state index in [1.165, 1.54) is 0 Å². The van der Waals surface area contributed by atoms with Gasteiger partial charge in [-0.3, -0.25) is 4.79 Å². The first-order valence-electron chi connectivity index (χ1n) is 5.90. The van der Waals surface area contributed by atoms with Crippen molar-refractivity contribution >= 4 is 16.6 Å². The van der Waals surface area contributed by atoms with Crippen LogP contribution < -0.4 is 0 Å². The minimum absolute atomic E-state index is 0.0500. The fourth-order valence-corrected chi connectivity index (χ4v) is 3.15. The van der Waals surface area contributed by atoms with Gasteiger partial charge in [0.05, 0.1) is 0 Å². The molecule has 2 rings (SSSR count). The van der Waals surface area contributed by atoms with Gasteiger partial charge in [-0.25, -0.2) is 0 Å². The summed E-state index contributed by atoms with van der Waals surface area (Å²) in [5.74, 6) is -0.0500. The number of hydrogen-bond donors (Lipinski definition) is 0. The van der Waals surface area contributed by atoms with E-state index in [1.807, 2.05) is 67.6 Å². The summed E-state index contributed by atoms with van der Waals surface area (Å²) in [5, 5.41) is 0. The maximum Gasteiger partial charge on any atom is 0.251 e. The van der Waals surface area contributed by atoms with Gasteiger partial charge in [0.1, 0.15) is 0 Å². The first-order chi connectivity index (χ1) is 8.81. The highest BCUT2D eigenvalue weighted by Crippen LogP contribution is 2.18. The normalized spacial score (nSPS) is 10.3. The van der Waals surface area contributed by atoms with Crippen molar-refractivity contribution in [3.63, 3.8) is 0 Å². The Morgan fingerprint density at radius 2 is 1.39 bits per heavy atom. The predicted octanol–water partition coefficient (Wildman–Crippen LogP) is 3.84. The average molecular weight is 257 g/mol. The lowest BCUT2D eigenvalue weighted by Gasteiger charge is -2.07. The van der Waals surface area contributed by atoms with Crippen molar-refractivity contribution < 1.29 is 4.79 Å². The lowest BCUT2D eigenvalue weighted by Crippen LogP contribution is -1.98. The molecule has 0 fully saturated rings. The molecule has 0 unspecified atom stereocenters. The summed E-state index contributed by atoms with van der Waals surface area (Å²) >= 11 is 0.